The van der Waals surface area contributed by atoms with E-state index in [0.29, 0.717) is 13.0 Å². The van der Waals surface area contributed by atoms with Gasteiger partial charge in [-0.25, -0.2) is 0 Å². The van der Waals surface area contributed by atoms with Crippen LogP contribution < -0.4 is 9.47 Å². The van der Waals surface area contributed by atoms with Crippen LogP contribution in [0.2, 0.25) is 0 Å². The number of nitrogens with zero attached hydrogens (tertiary/aromatic N) is 1. The second kappa shape index (κ2) is 10.4. The molecule has 0 radical (unpaired) electrons. The second-order valence-corrected chi connectivity index (χ2v) is 8.81. The van der Waals surface area contributed by atoms with Gasteiger partial charge in [-0.15, -0.1) is 0 Å². The van der Waals surface area contributed by atoms with Crippen molar-refractivity contribution < 1.29 is 27.4 Å². The minimum atomic E-state index is -4.68. The summed E-state index contributed by atoms with van der Waals surface area (Å²) < 4.78 is 54.7. The third kappa shape index (κ3) is 5.31. The van der Waals surface area contributed by atoms with Gasteiger partial charge in [0.25, 0.3) is 0 Å². The van der Waals surface area contributed by atoms with E-state index in [0.717, 1.165) is 28.3 Å². The van der Waals surface area contributed by atoms with Crippen LogP contribution in [-0.4, -0.2) is 11.3 Å². The Labute approximate surface area is 212 Å². The number of hydrogen-bond acceptors (Lipinski definition) is 3. The number of alkyl halides is 3. The molecule has 1 aliphatic rings. The van der Waals surface area contributed by atoms with Crippen molar-refractivity contribution in [2.24, 2.45) is 0 Å². The number of halogens is 3. The number of hydrogen-bond donors (Lipinski definition) is 0. The zero-order valence-electron chi connectivity index (χ0n) is 19.8. The lowest BCUT2D eigenvalue weighted by Gasteiger charge is -2.26. The highest BCUT2D eigenvalue weighted by atomic mass is 19.4. The van der Waals surface area contributed by atoms with Gasteiger partial charge in [-0.2, -0.15) is 13.2 Å². The maximum Gasteiger partial charge on any atom is 0.419 e. The van der Waals surface area contributed by atoms with Crippen molar-refractivity contribution in [1.29, 1.82) is 0 Å². The second-order valence-electron chi connectivity index (χ2n) is 8.81. The molecule has 188 valence electrons. The zero-order valence-corrected chi connectivity index (χ0v) is 19.8. The smallest absolute Gasteiger partial charge is 0.419 e. The van der Waals surface area contributed by atoms with Crippen LogP contribution >= 0.6 is 0 Å². The Hall–Kier alpha value is -4.26. The van der Waals surface area contributed by atoms with Gasteiger partial charge >= 0.3 is 6.18 Å². The molecule has 4 aromatic rings. The molecule has 7 heteroatoms. The molecule has 1 amide bonds. The first-order chi connectivity index (χ1) is 17.9. The summed E-state index contributed by atoms with van der Waals surface area (Å²) in [7, 11) is 0. The number of ether oxygens (including phenoxy) is 2. The Balaban J connectivity index is 1.60. The van der Waals surface area contributed by atoms with Crippen LogP contribution in [0.5, 0.6) is 11.5 Å². The number of carbonyl (C=O) groups is 1. The summed E-state index contributed by atoms with van der Waals surface area (Å²) in [6.07, 6.45) is -4.01. The monoisotopic (exact) mass is 503 g/mol. The van der Waals surface area contributed by atoms with Crippen molar-refractivity contribution in [2.45, 2.75) is 32.0 Å². The maximum absolute atomic E-state index is 14.3. The van der Waals surface area contributed by atoms with Crippen molar-refractivity contribution >= 4 is 6.41 Å². The van der Waals surface area contributed by atoms with E-state index < -0.39 is 17.8 Å². The highest BCUT2D eigenvalue weighted by molar-refractivity contribution is 5.60. The molecule has 1 aliphatic heterocycles. The standard InChI is InChI=1S/C30H24F3NO3/c31-30(32,33)26-15-25(29-24-14-8-7-13-23(24)17-34(29)20-35)27(36-18-21-9-3-1-4-10-21)16-28(26)37-19-22-11-5-2-6-12-22/h1-16,20,29H,17-19H2. The highest BCUT2D eigenvalue weighted by Gasteiger charge is 2.39. The van der Waals surface area contributed by atoms with Gasteiger partial charge in [0.15, 0.2) is 0 Å². The van der Waals surface area contributed by atoms with Gasteiger partial charge in [0.1, 0.15) is 24.7 Å². The van der Waals surface area contributed by atoms with Crippen LogP contribution in [0.25, 0.3) is 0 Å². The molecule has 0 spiro atoms. The third-order valence-corrected chi connectivity index (χ3v) is 6.36. The topological polar surface area (TPSA) is 38.8 Å². The van der Waals surface area contributed by atoms with Crippen molar-refractivity contribution in [3.63, 3.8) is 0 Å². The maximum atomic E-state index is 14.3. The van der Waals surface area contributed by atoms with Gasteiger partial charge in [0.05, 0.1) is 11.6 Å². The predicted octanol–water partition coefficient (Wildman–Crippen LogP) is 6.92. The fourth-order valence-corrected chi connectivity index (χ4v) is 4.58. The molecule has 0 saturated heterocycles. The number of benzene rings is 4. The molecule has 1 atom stereocenters. The van der Waals surface area contributed by atoms with Gasteiger partial charge in [-0.05, 0) is 28.3 Å². The van der Waals surface area contributed by atoms with E-state index >= 15 is 0 Å². The van der Waals surface area contributed by atoms with Crippen LogP contribution in [0, 0.1) is 0 Å². The van der Waals surface area contributed by atoms with Crippen LogP contribution in [0.15, 0.2) is 97.1 Å². The molecule has 0 aromatic heterocycles. The van der Waals surface area contributed by atoms with Gasteiger partial charge in [0, 0.05) is 18.2 Å². The molecule has 5 rings (SSSR count). The zero-order chi connectivity index (χ0) is 25.8. The SMILES string of the molecule is O=CN1Cc2ccccc2C1c1cc(C(F)(F)F)c(OCc2ccccc2)cc1OCc1ccccc1. The molecular weight excluding hydrogens is 479 g/mol. The van der Waals surface area contributed by atoms with Gasteiger partial charge in [0.2, 0.25) is 6.41 Å². The van der Waals surface area contributed by atoms with Crippen molar-refractivity contribution in [2.75, 3.05) is 0 Å². The van der Waals surface area contributed by atoms with Gasteiger partial charge < -0.3 is 14.4 Å². The highest BCUT2D eigenvalue weighted by Crippen LogP contribution is 2.47. The summed E-state index contributed by atoms with van der Waals surface area (Å²) >= 11 is 0. The lowest BCUT2D eigenvalue weighted by molar-refractivity contribution is -0.139. The number of rotatable bonds is 8. The van der Waals surface area contributed by atoms with E-state index in [1.165, 1.54) is 11.0 Å². The summed E-state index contributed by atoms with van der Waals surface area (Å²) in [5.74, 6) is -0.0967. The summed E-state index contributed by atoms with van der Waals surface area (Å²) in [4.78, 5) is 13.5. The fourth-order valence-electron chi connectivity index (χ4n) is 4.58. The lowest BCUT2D eigenvalue weighted by Crippen LogP contribution is -2.22. The van der Waals surface area contributed by atoms with Crippen LogP contribution in [0.4, 0.5) is 13.2 Å². The fraction of sp³-hybridized carbons (Fsp3) is 0.167. The van der Waals surface area contributed by atoms with Crippen LogP contribution in [0.1, 0.15) is 39.4 Å². The van der Waals surface area contributed by atoms with Crippen molar-refractivity contribution in [3.05, 3.63) is 130 Å². The van der Waals surface area contributed by atoms with E-state index in [1.54, 1.807) is 24.3 Å². The molecule has 4 aromatic carbocycles. The quantitative estimate of drug-likeness (QED) is 0.245. The van der Waals surface area contributed by atoms with Crippen LogP contribution in [0.3, 0.4) is 0 Å². The first-order valence-electron chi connectivity index (χ1n) is 11.8. The molecule has 1 unspecified atom stereocenters. The van der Waals surface area contributed by atoms with E-state index in [4.69, 9.17) is 9.47 Å². The summed E-state index contributed by atoms with van der Waals surface area (Å²) in [5, 5.41) is 0. The molecule has 0 N–H and O–H groups in total. The summed E-state index contributed by atoms with van der Waals surface area (Å²) in [5.41, 5.74) is 2.59. The summed E-state index contributed by atoms with van der Waals surface area (Å²) in [6, 6.07) is 27.3. The average Bonchev–Trinajstić information content (AvgIpc) is 3.29. The van der Waals surface area contributed by atoms with Gasteiger partial charge in [-0.1, -0.05) is 84.9 Å². The Morgan fingerprint density at radius 3 is 1.92 bits per heavy atom. The van der Waals surface area contributed by atoms with E-state index in [2.05, 4.69) is 0 Å². The Morgan fingerprint density at radius 2 is 1.32 bits per heavy atom. The Kier molecular flexibility index (Phi) is 6.86. The minimum absolute atomic E-state index is 0.0336. The molecule has 37 heavy (non-hydrogen) atoms. The molecule has 0 aliphatic carbocycles. The van der Waals surface area contributed by atoms with Gasteiger partial charge in [-0.3, -0.25) is 4.79 Å². The first-order valence-corrected chi connectivity index (χ1v) is 11.8. The van der Waals surface area contributed by atoms with E-state index in [-0.39, 0.29) is 30.3 Å². The average molecular weight is 504 g/mol. The molecule has 0 fully saturated rings. The minimum Gasteiger partial charge on any atom is -0.488 e. The Bertz CT molecular complexity index is 1370. The summed E-state index contributed by atoms with van der Waals surface area (Å²) in [6.45, 7) is 0.414. The molecule has 4 nitrogen and oxygen atoms in total. The number of carbonyl (C=O) groups excluding carboxylic acids is 1. The van der Waals surface area contributed by atoms with Crippen molar-refractivity contribution in [1.82, 2.24) is 4.90 Å². The number of amides is 1. The Morgan fingerprint density at radius 1 is 0.757 bits per heavy atom. The number of fused-ring (bicyclic) bond motifs is 1. The molecular formula is C30H24F3NO3. The molecule has 0 bridgehead atoms. The predicted molar refractivity (Wildman–Crippen MR) is 133 cm³/mol. The molecule has 0 saturated carbocycles. The van der Waals surface area contributed by atoms with E-state index in [1.807, 2.05) is 60.7 Å². The lowest BCUT2D eigenvalue weighted by atomic mass is 9.95. The molecule has 1 heterocycles. The van der Waals surface area contributed by atoms with Crippen molar-refractivity contribution in [3.8, 4) is 11.5 Å². The normalized spacial score (nSPS) is 14.8. The van der Waals surface area contributed by atoms with Crippen LogP contribution in [-0.2, 0) is 30.7 Å². The third-order valence-electron chi connectivity index (χ3n) is 6.36. The first kappa shape index (κ1) is 24.4. The van der Waals surface area contributed by atoms with E-state index in [9.17, 15) is 18.0 Å². The largest absolute Gasteiger partial charge is 0.488 e.